The Labute approximate surface area is 204 Å². The molecule has 0 unspecified atom stereocenters. The van der Waals surface area contributed by atoms with Crippen molar-refractivity contribution in [2.24, 2.45) is 0 Å². The van der Waals surface area contributed by atoms with Gasteiger partial charge in [0.1, 0.15) is 11.8 Å². The molecule has 0 aromatic heterocycles. The smallest absolute Gasteiger partial charge is 0.432 e. The topological polar surface area (TPSA) is 76.1 Å². The largest absolute Gasteiger partial charge is 0.453 e. The number of ether oxygens (including phenoxy) is 2. The highest BCUT2D eigenvalue weighted by molar-refractivity contribution is 8.00. The minimum atomic E-state index is -5.15. The first-order chi connectivity index (χ1) is 16.5. The molecule has 0 radical (unpaired) electrons. The number of allylic oxidation sites excluding steroid dienone is 2. The third-order valence-electron chi connectivity index (χ3n) is 6.68. The maximum Gasteiger partial charge on any atom is 0.432 e. The van der Waals surface area contributed by atoms with Crippen LogP contribution in [0.2, 0.25) is 0 Å². The molecule has 2 aliphatic heterocycles. The van der Waals surface area contributed by atoms with Crippen LogP contribution in [0.3, 0.4) is 0 Å². The molecule has 4 atom stereocenters. The van der Waals surface area contributed by atoms with E-state index in [1.165, 1.54) is 47.2 Å². The third-order valence-corrected chi connectivity index (χ3v) is 7.87. The number of fused-ring (bicyclic) bond motifs is 3. The Balaban J connectivity index is 1.75. The Morgan fingerprint density at radius 1 is 1.23 bits per heavy atom. The SMILES string of the molecule is C=C1C(=O)N2[C@H]3C(=CC=C[C@@H]3OC(=O)[C@@](OC)(c3ccccc3)C(F)(F)F)C[C@@]2(SC)C(=O)N1C. The van der Waals surface area contributed by atoms with E-state index in [9.17, 15) is 27.6 Å². The highest BCUT2D eigenvalue weighted by atomic mass is 32.2. The molecule has 0 saturated carbocycles. The van der Waals surface area contributed by atoms with Crippen LogP contribution in [0.4, 0.5) is 13.2 Å². The summed E-state index contributed by atoms with van der Waals surface area (Å²) in [5, 5.41) is 0. The number of methoxy groups -OCH3 is 1. The molecule has 35 heavy (non-hydrogen) atoms. The third kappa shape index (κ3) is 3.43. The zero-order valence-corrected chi connectivity index (χ0v) is 20.0. The van der Waals surface area contributed by atoms with E-state index < -0.39 is 46.2 Å². The maximum absolute atomic E-state index is 14.3. The zero-order valence-electron chi connectivity index (χ0n) is 19.2. The van der Waals surface area contributed by atoms with Gasteiger partial charge >= 0.3 is 12.1 Å². The normalized spacial score (nSPS) is 27.8. The van der Waals surface area contributed by atoms with Crippen LogP contribution in [-0.2, 0) is 29.5 Å². The Kier molecular flexibility index (Phi) is 6.13. The van der Waals surface area contributed by atoms with Crippen LogP contribution in [0.25, 0.3) is 0 Å². The number of likely N-dealkylation sites (N-methyl/N-ethyl adjacent to an activating group) is 1. The molecule has 3 aliphatic rings. The van der Waals surface area contributed by atoms with Gasteiger partial charge in [0.2, 0.25) is 0 Å². The average Bonchev–Trinajstić information content (AvgIpc) is 3.19. The number of amides is 2. The number of carbonyl (C=O) groups is 3. The summed E-state index contributed by atoms with van der Waals surface area (Å²) in [6, 6.07) is 5.50. The van der Waals surface area contributed by atoms with Crippen LogP contribution in [0.1, 0.15) is 12.0 Å². The van der Waals surface area contributed by atoms with E-state index in [0.717, 1.165) is 31.0 Å². The van der Waals surface area contributed by atoms with Gasteiger partial charge in [-0.25, -0.2) is 4.79 Å². The quantitative estimate of drug-likeness (QED) is 0.450. The monoisotopic (exact) mass is 508 g/mol. The number of carbonyl (C=O) groups excluding carboxylic acids is 3. The molecule has 1 aromatic rings. The van der Waals surface area contributed by atoms with Gasteiger partial charge in [0.05, 0.1) is 6.04 Å². The van der Waals surface area contributed by atoms with E-state index in [1.807, 2.05) is 0 Å². The summed E-state index contributed by atoms with van der Waals surface area (Å²) in [6.07, 6.45) is -0.0284. The summed E-state index contributed by atoms with van der Waals surface area (Å²) in [6.45, 7) is 3.69. The van der Waals surface area contributed by atoms with Gasteiger partial charge < -0.3 is 19.3 Å². The first kappa shape index (κ1) is 25.1. The number of benzene rings is 1. The first-order valence-corrected chi connectivity index (χ1v) is 11.8. The fourth-order valence-electron chi connectivity index (χ4n) is 4.86. The van der Waals surface area contributed by atoms with Gasteiger partial charge in [0.15, 0.2) is 4.87 Å². The minimum Gasteiger partial charge on any atom is -0.453 e. The predicted octanol–water partition coefficient (Wildman–Crippen LogP) is 3.14. The number of hydrogen-bond acceptors (Lipinski definition) is 6. The van der Waals surface area contributed by atoms with Crippen molar-refractivity contribution in [2.45, 2.75) is 35.2 Å². The van der Waals surface area contributed by atoms with Crippen LogP contribution in [0, 0.1) is 0 Å². The summed E-state index contributed by atoms with van der Waals surface area (Å²) in [7, 11) is 2.23. The van der Waals surface area contributed by atoms with E-state index >= 15 is 0 Å². The molecule has 0 bridgehead atoms. The number of alkyl halides is 3. The molecular weight excluding hydrogens is 485 g/mol. The number of thioether (sulfide) groups is 1. The van der Waals surface area contributed by atoms with Crippen LogP contribution >= 0.6 is 11.8 Å². The Bertz CT molecular complexity index is 1150. The van der Waals surface area contributed by atoms with Crippen LogP contribution in [0.5, 0.6) is 0 Å². The molecule has 7 nitrogen and oxygen atoms in total. The lowest BCUT2D eigenvalue weighted by molar-refractivity contribution is -0.278. The standard InChI is InChI=1S/C24H23F3N2O5S/c1-14-19(30)29-18-15(13-22(29,35-4)20(31)28(14)2)9-8-12-17(18)34-21(32)23(33-3,24(25,26)27)16-10-6-5-7-11-16/h5-12,17-18H,1,13H2,2-4H3/t17-,18-,22+,23-/m0/s1. The molecule has 11 heteroatoms. The molecule has 2 heterocycles. The molecule has 186 valence electrons. The number of piperazine rings is 1. The predicted molar refractivity (Wildman–Crippen MR) is 122 cm³/mol. The molecule has 2 amide bonds. The summed E-state index contributed by atoms with van der Waals surface area (Å²) in [4.78, 5) is 40.9. The fraction of sp³-hybridized carbons (Fsp3) is 0.375. The van der Waals surface area contributed by atoms with Gasteiger partial charge in [-0.1, -0.05) is 49.1 Å². The molecular formula is C24H23F3N2O5S. The zero-order chi connectivity index (χ0) is 25.8. The van der Waals surface area contributed by atoms with Crippen molar-refractivity contribution in [3.63, 3.8) is 0 Å². The number of halogens is 3. The number of esters is 1. The highest BCUT2D eigenvalue weighted by Gasteiger charge is 2.66. The van der Waals surface area contributed by atoms with Crippen molar-refractivity contribution in [1.82, 2.24) is 9.80 Å². The van der Waals surface area contributed by atoms with E-state index in [-0.39, 0.29) is 18.0 Å². The highest BCUT2D eigenvalue weighted by Crippen LogP contribution is 2.51. The van der Waals surface area contributed by atoms with Gasteiger partial charge in [-0.05, 0) is 17.9 Å². The molecule has 2 saturated heterocycles. The minimum absolute atomic E-state index is 0.0774. The van der Waals surface area contributed by atoms with Crippen molar-refractivity contribution < 1.29 is 37.0 Å². The molecule has 4 rings (SSSR count). The van der Waals surface area contributed by atoms with Crippen LogP contribution in [-0.4, -0.2) is 71.2 Å². The lowest BCUT2D eigenvalue weighted by Crippen LogP contribution is -2.65. The van der Waals surface area contributed by atoms with Crippen molar-refractivity contribution in [3.8, 4) is 0 Å². The average molecular weight is 509 g/mol. The molecule has 1 aliphatic carbocycles. The van der Waals surface area contributed by atoms with E-state index in [2.05, 4.69) is 6.58 Å². The molecule has 0 spiro atoms. The Hall–Kier alpha value is -3.05. The summed E-state index contributed by atoms with van der Waals surface area (Å²) in [5.41, 5.74) is -3.32. The van der Waals surface area contributed by atoms with E-state index in [1.54, 1.807) is 12.3 Å². The number of nitrogens with zero attached hydrogens (tertiary/aromatic N) is 2. The number of hydrogen-bond donors (Lipinski definition) is 0. The lowest BCUT2D eigenvalue weighted by atomic mass is 9.92. The van der Waals surface area contributed by atoms with E-state index in [0.29, 0.717) is 5.57 Å². The Morgan fingerprint density at radius 3 is 2.46 bits per heavy atom. The summed E-state index contributed by atoms with van der Waals surface area (Å²) < 4.78 is 53.3. The van der Waals surface area contributed by atoms with Crippen molar-refractivity contribution in [2.75, 3.05) is 20.4 Å². The molecule has 0 N–H and O–H groups in total. The van der Waals surface area contributed by atoms with Crippen molar-refractivity contribution >= 4 is 29.5 Å². The van der Waals surface area contributed by atoms with Gasteiger partial charge in [-0.2, -0.15) is 13.2 Å². The Morgan fingerprint density at radius 2 is 1.89 bits per heavy atom. The van der Waals surface area contributed by atoms with Gasteiger partial charge in [0.25, 0.3) is 17.4 Å². The van der Waals surface area contributed by atoms with Gasteiger partial charge in [0, 0.05) is 26.1 Å². The maximum atomic E-state index is 14.3. The summed E-state index contributed by atoms with van der Waals surface area (Å²) in [5.74, 6) is -2.63. The second kappa shape index (κ2) is 8.56. The van der Waals surface area contributed by atoms with Crippen molar-refractivity contribution in [1.29, 1.82) is 0 Å². The lowest BCUT2D eigenvalue weighted by Gasteiger charge is -2.46. The van der Waals surface area contributed by atoms with Gasteiger partial charge in [-0.15, -0.1) is 11.8 Å². The van der Waals surface area contributed by atoms with Crippen LogP contribution < -0.4 is 0 Å². The van der Waals surface area contributed by atoms with Crippen LogP contribution in [0.15, 0.2) is 66.4 Å². The molecule has 1 aromatic carbocycles. The van der Waals surface area contributed by atoms with E-state index in [4.69, 9.17) is 9.47 Å². The second-order valence-corrected chi connectivity index (χ2v) is 9.43. The molecule has 2 fully saturated rings. The summed E-state index contributed by atoms with van der Waals surface area (Å²) >= 11 is 1.14. The number of rotatable bonds is 5. The van der Waals surface area contributed by atoms with Gasteiger partial charge in [-0.3, -0.25) is 9.59 Å². The fourth-order valence-corrected chi connectivity index (χ4v) is 5.87. The first-order valence-electron chi connectivity index (χ1n) is 10.6. The second-order valence-electron chi connectivity index (χ2n) is 8.34. The van der Waals surface area contributed by atoms with Crippen molar-refractivity contribution in [3.05, 3.63) is 72.0 Å².